The standard InChI is InChI=1S/C30H28N6O2/c1-33-11-13-35(21-33)19-23-7-9-29(37)25(15-23)17-31-27-5-3-4-6-28(27)32-18-26-16-24(8-10-30(26)38)20-36-14-12-34(2)22-36/h3-18,21-22H,19-20H2,1-2H3/p+2. The second kappa shape index (κ2) is 11.2. The van der Waals surface area contributed by atoms with E-state index in [1.54, 1.807) is 24.6 Å². The number of quaternary nitrogens is 2. The van der Waals surface area contributed by atoms with Gasteiger partial charge in [-0.1, -0.05) is 36.4 Å². The zero-order valence-corrected chi connectivity index (χ0v) is 21.4. The zero-order chi connectivity index (χ0) is 26.5. The Morgan fingerprint density at radius 2 is 1.13 bits per heavy atom. The first-order valence-electron chi connectivity index (χ1n) is 12.4. The van der Waals surface area contributed by atoms with Crippen LogP contribution in [0.4, 0.5) is 11.4 Å². The van der Waals surface area contributed by atoms with Crippen molar-refractivity contribution in [2.75, 3.05) is 14.1 Å². The number of para-hydroxylation sites is 2. The highest BCUT2D eigenvalue weighted by Crippen LogP contribution is 2.28. The minimum Gasteiger partial charge on any atom is -0.872 e. The Morgan fingerprint density at radius 3 is 1.53 bits per heavy atom. The Bertz CT molecular complexity index is 1420. The number of nitrogens with one attached hydrogen (secondary N) is 2. The van der Waals surface area contributed by atoms with Crippen LogP contribution in [0.5, 0.6) is 11.5 Å². The molecule has 2 N–H and O–H groups in total. The van der Waals surface area contributed by atoms with Gasteiger partial charge in [-0.2, -0.15) is 9.15 Å². The quantitative estimate of drug-likeness (QED) is 0.343. The highest BCUT2D eigenvalue weighted by Gasteiger charge is 2.16. The summed E-state index contributed by atoms with van der Waals surface area (Å²) in [6.07, 6.45) is 15.5. The minimum atomic E-state index is -0.0854. The van der Waals surface area contributed by atoms with Gasteiger partial charge >= 0.3 is 12.7 Å². The normalized spacial score (nSPS) is 18.6. The predicted molar refractivity (Wildman–Crippen MR) is 145 cm³/mol. The monoisotopic (exact) mass is 506 g/mol. The molecule has 0 fully saturated rings. The molecule has 5 rings (SSSR count). The third kappa shape index (κ3) is 6.18. The fraction of sp³-hybridized carbons (Fsp3) is 0.133. The van der Waals surface area contributed by atoms with Crippen LogP contribution in [0, 0.1) is 0 Å². The van der Waals surface area contributed by atoms with Crippen molar-refractivity contribution < 1.29 is 29.2 Å². The van der Waals surface area contributed by atoms with Gasteiger partial charge in [0.15, 0.2) is 12.4 Å². The lowest BCUT2D eigenvalue weighted by molar-refractivity contribution is -0.764. The molecule has 2 aliphatic heterocycles. The van der Waals surface area contributed by atoms with E-state index in [0.29, 0.717) is 22.5 Å². The van der Waals surface area contributed by atoms with Gasteiger partial charge in [0.25, 0.3) is 0 Å². The molecule has 2 unspecified atom stereocenters. The summed E-state index contributed by atoms with van der Waals surface area (Å²) in [5, 5.41) is 25.0. The van der Waals surface area contributed by atoms with Gasteiger partial charge in [0.05, 0.1) is 11.4 Å². The van der Waals surface area contributed by atoms with Gasteiger partial charge in [-0.25, -0.2) is 9.80 Å². The van der Waals surface area contributed by atoms with Crippen LogP contribution < -0.4 is 20.0 Å². The van der Waals surface area contributed by atoms with E-state index in [0.717, 1.165) is 24.2 Å². The second-order valence-corrected chi connectivity index (χ2v) is 9.47. The summed E-state index contributed by atoms with van der Waals surface area (Å²) in [6.45, 7) is 1.48. The molecule has 38 heavy (non-hydrogen) atoms. The van der Waals surface area contributed by atoms with E-state index in [4.69, 9.17) is 0 Å². The van der Waals surface area contributed by atoms with Crippen molar-refractivity contribution in [1.29, 1.82) is 0 Å². The number of aliphatic imine (C=N–C) groups is 2. The van der Waals surface area contributed by atoms with E-state index in [1.807, 2.05) is 84.2 Å². The summed E-state index contributed by atoms with van der Waals surface area (Å²) in [6, 6.07) is 18.1. The first kappa shape index (κ1) is 25.0. The van der Waals surface area contributed by atoms with Crippen molar-refractivity contribution in [3.63, 3.8) is 0 Å². The lowest BCUT2D eigenvalue weighted by Gasteiger charge is -2.13. The number of hydrogen-bond acceptors (Lipinski definition) is 4. The number of nitrogens with zero attached hydrogens (tertiary/aromatic N) is 4. The molecule has 0 bridgehead atoms. The summed E-state index contributed by atoms with van der Waals surface area (Å²) in [5.41, 5.74) is 4.36. The maximum Gasteiger partial charge on any atom is 0.335 e. The first-order valence-corrected chi connectivity index (χ1v) is 12.4. The molecule has 0 saturated carbocycles. The van der Waals surface area contributed by atoms with E-state index in [1.165, 1.54) is 9.80 Å². The molecule has 8 heteroatoms. The van der Waals surface area contributed by atoms with Crippen LogP contribution in [0.2, 0.25) is 0 Å². The van der Waals surface area contributed by atoms with Crippen molar-refractivity contribution in [3.8, 4) is 11.5 Å². The Labute approximate surface area is 222 Å². The van der Waals surface area contributed by atoms with E-state index < -0.39 is 0 Å². The van der Waals surface area contributed by atoms with Crippen molar-refractivity contribution in [3.05, 3.63) is 108 Å². The SMILES string of the molecule is C[N+]1=C[NH+](Cc2ccc([O-])c(C=Nc3ccccc3N=Cc3cc(C[NH+]4C=C[N+](C)=C4)ccc3[O-])c2)C=C1. The number of rotatable bonds is 8. The molecule has 8 nitrogen and oxygen atoms in total. The molecule has 0 aromatic heterocycles. The highest BCUT2D eigenvalue weighted by atomic mass is 16.3. The second-order valence-electron chi connectivity index (χ2n) is 9.47. The molecular weight excluding hydrogens is 476 g/mol. The average molecular weight is 507 g/mol. The van der Waals surface area contributed by atoms with E-state index in [9.17, 15) is 10.2 Å². The van der Waals surface area contributed by atoms with Crippen LogP contribution in [0.25, 0.3) is 0 Å². The molecule has 3 aromatic rings. The highest BCUT2D eigenvalue weighted by molar-refractivity contribution is 5.89. The van der Waals surface area contributed by atoms with Gasteiger partial charge < -0.3 is 10.2 Å². The van der Waals surface area contributed by atoms with Crippen LogP contribution >= 0.6 is 0 Å². The van der Waals surface area contributed by atoms with Crippen LogP contribution in [0.1, 0.15) is 22.3 Å². The first-order chi connectivity index (χ1) is 18.4. The van der Waals surface area contributed by atoms with E-state index >= 15 is 0 Å². The molecule has 0 spiro atoms. The molecule has 2 heterocycles. The maximum atomic E-state index is 12.5. The molecule has 0 saturated heterocycles. The van der Waals surface area contributed by atoms with Crippen molar-refractivity contribution >= 4 is 36.5 Å². The Morgan fingerprint density at radius 1 is 0.684 bits per heavy atom. The molecule has 0 radical (unpaired) electrons. The van der Waals surface area contributed by atoms with Crippen LogP contribution in [-0.2, 0) is 13.1 Å². The molecule has 3 aromatic carbocycles. The lowest BCUT2D eigenvalue weighted by atomic mass is 10.1. The lowest BCUT2D eigenvalue weighted by Crippen LogP contribution is -3.04. The predicted octanol–water partition coefficient (Wildman–Crippen LogP) is 0.416. The molecule has 0 amide bonds. The van der Waals surface area contributed by atoms with Crippen LogP contribution in [0.3, 0.4) is 0 Å². The summed E-state index contributed by atoms with van der Waals surface area (Å²) < 4.78 is 4.01. The molecule has 190 valence electrons. The van der Waals surface area contributed by atoms with E-state index in [2.05, 4.69) is 35.1 Å². The number of benzene rings is 3. The van der Waals surface area contributed by atoms with Gasteiger partial charge in [0, 0.05) is 23.6 Å². The summed E-state index contributed by atoms with van der Waals surface area (Å²) in [4.78, 5) is 11.5. The van der Waals surface area contributed by atoms with Crippen molar-refractivity contribution in [2.24, 2.45) is 9.98 Å². The minimum absolute atomic E-state index is 0.0854. The van der Waals surface area contributed by atoms with Crippen molar-refractivity contribution in [1.82, 2.24) is 0 Å². The Kier molecular flexibility index (Phi) is 7.35. The van der Waals surface area contributed by atoms with Gasteiger partial charge in [-0.15, -0.1) is 11.5 Å². The fourth-order valence-electron chi connectivity index (χ4n) is 4.38. The maximum absolute atomic E-state index is 12.5. The molecule has 0 aliphatic carbocycles. The third-order valence-electron chi connectivity index (χ3n) is 6.32. The smallest absolute Gasteiger partial charge is 0.335 e. The zero-order valence-electron chi connectivity index (χ0n) is 21.4. The van der Waals surface area contributed by atoms with Crippen LogP contribution in [0.15, 0.2) is 95.4 Å². The largest absolute Gasteiger partial charge is 0.872 e. The summed E-state index contributed by atoms with van der Waals surface area (Å²) in [7, 11) is 3.98. The molecule has 2 aliphatic rings. The van der Waals surface area contributed by atoms with Crippen molar-refractivity contribution in [2.45, 2.75) is 13.1 Å². The average Bonchev–Trinajstić information content (AvgIpc) is 3.52. The summed E-state index contributed by atoms with van der Waals surface area (Å²) in [5.74, 6) is -0.171. The van der Waals surface area contributed by atoms with E-state index in [-0.39, 0.29) is 11.5 Å². The third-order valence-corrected chi connectivity index (χ3v) is 6.32. The topological polar surface area (TPSA) is 85.7 Å². The van der Waals surface area contributed by atoms with Crippen LogP contribution in [-0.4, -0.2) is 48.4 Å². The summed E-state index contributed by atoms with van der Waals surface area (Å²) >= 11 is 0. The molecular formula is C30H30N6O2+2. The number of hydrogen-bond donors (Lipinski definition) is 2. The Hall–Kier alpha value is -4.66. The Balaban J connectivity index is 1.33. The molecule has 2 atom stereocenters. The fourth-order valence-corrected chi connectivity index (χ4v) is 4.38. The van der Waals surface area contributed by atoms with Gasteiger partial charge in [0.1, 0.15) is 27.2 Å². The van der Waals surface area contributed by atoms with Gasteiger partial charge in [-0.05, 0) is 35.4 Å². The van der Waals surface area contributed by atoms with Gasteiger partial charge in [-0.3, -0.25) is 9.98 Å². The van der Waals surface area contributed by atoms with Gasteiger partial charge in [0.2, 0.25) is 12.4 Å².